The van der Waals surface area contributed by atoms with E-state index >= 15 is 0 Å². The van der Waals surface area contributed by atoms with Crippen molar-refractivity contribution in [1.82, 2.24) is 0 Å². The molecule has 0 spiro atoms. The van der Waals surface area contributed by atoms with Gasteiger partial charge in [0.05, 0.1) is 6.42 Å². The van der Waals surface area contributed by atoms with Gasteiger partial charge in [-0.3, -0.25) is 4.79 Å². The Labute approximate surface area is 132 Å². The van der Waals surface area contributed by atoms with Crippen LogP contribution in [-0.2, 0) is 16.0 Å². The highest BCUT2D eigenvalue weighted by Gasteiger charge is 2.47. The molecule has 0 aromatic heterocycles. The third-order valence-corrected chi connectivity index (χ3v) is 3.15. The van der Waals surface area contributed by atoms with Crippen LogP contribution in [0.2, 0.25) is 5.02 Å². The summed E-state index contributed by atoms with van der Waals surface area (Å²) in [7, 11) is 0. The Morgan fingerprint density at radius 3 is 2.23 bits per heavy atom. The lowest BCUT2D eigenvalue weighted by atomic mass is 9.88. The van der Waals surface area contributed by atoms with Gasteiger partial charge in [-0.25, -0.2) is 0 Å². The molecule has 1 aromatic carbocycles. The van der Waals surface area contributed by atoms with Gasteiger partial charge in [0.1, 0.15) is 11.1 Å². The number of nitrogens with two attached hydrogens (primary N) is 1. The molecule has 0 unspecified atom stereocenters. The highest BCUT2D eigenvalue weighted by Crippen LogP contribution is 2.32. The van der Waals surface area contributed by atoms with Crippen LogP contribution in [0.4, 0.5) is 13.2 Å². The van der Waals surface area contributed by atoms with Gasteiger partial charge in [-0.2, -0.15) is 13.2 Å². The smallest absolute Gasteiger partial charge is 0.391 e. The molecule has 0 heterocycles. The number of hydrogen-bond donors (Lipinski definition) is 1. The van der Waals surface area contributed by atoms with E-state index in [2.05, 4.69) is 0 Å². The second-order valence-corrected chi connectivity index (χ2v) is 6.63. The molecule has 0 aliphatic rings. The summed E-state index contributed by atoms with van der Waals surface area (Å²) in [5.41, 5.74) is 2.98. The third-order valence-electron chi connectivity index (χ3n) is 2.79. The summed E-state index contributed by atoms with van der Waals surface area (Å²) in [6, 6.07) is 6.32. The summed E-state index contributed by atoms with van der Waals surface area (Å²) in [6.45, 7) is 4.69. The normalized spacial score (nSPS) is 15.3. The van der Waals surface area contributed by atoms with Crippen LogP contribution in [0.5, 0.6) is 0 Å². The predicted molar refractivity (Wildman–Crippen MR) is 78.6 cm³/mol. The Morgan fingerprint density at radius 2 is 1.77 bits per heavy atom. The zero-order valence-corrected chi connectivity index (χ0v) is 13.4. The van der Waals surface area contributed by atoms with Crippen LogP contribution in [0, 0.1) is 0 Å². The van der Waals surface area contributed by atoms with Gasteiger partial charge in [-0.05, 0) is 32.4 Å². The van der Waals surface area contributed by atoms with E-state index in [4.69, 9.17) is 22.1 Å². The van der Waals surface area contributed by atoms with Gasteiger partial charge in [0.25, 0.3) is 0 Å². The molecule has 0 bridgehead atoms. The van der Waals surface area contributed by atoms with Gasteiger partial charge in [-0.1, -0.05) is 29.8 Å². The summed E-state index contributed by atoms with van der Waals surface area (Å²) >= 11 is 5.95. The average Bonchev–Trinajstić information content (AvgIpc) is 2.27. The van der Waals surface area contributed by atoms with Gasteiger partial charge in [-0.15, -0.1) is 0 Å². The van der Waals surface area contributed by atoms with E-state index in [-0.39, 0.29) is 11.4 Å². The van der Waals surface area contributed by atoms with E-state index in [1.807, 2.05) is 0 Å². The Kier molecular flexibility index (Phi) is 5.51. The minimum Gasteiger partial charge on any atom is -0.459 e. The van der Waals surface area contributed by atoms with Crippen LogP contribution in [-0.4, -0.2) is 23.3 Å². The Bertz CT molecular complexity index is 540. The number of halogens is 4. The van der Waals surface area contributed by atoms with E-state index < -0.39 is 29.7 Å². The molecule has 22 heavy (non-hydrogen) atoms. The molecule has 1 atom stereocenters. The van der Waals surface area contributed by atoms with Crippen LogP contribution in [0.25, 0.3) is 0 Å². The Morgan fingerprint density at radius 1 is 1.23 bits per heavy atom. The lowest BCUT2D eigenvalue weighted by Gasteiger charge is -2.32. The number of alkyl halides is 3. The number of hydrogen-bond acceptors (Lipinski definition) is 3. The highest BCUT2D eigenvalue weighted by atomic mass is 35.5. The molecule has 3 nitrogen and oxygen atoms in total. The molecule has 0 saturated carbocycles. The first-order chi connectivity index (χ1) is 9.82. The van der Waals surface area contributed by atoms with Crippen LogP contribution >= 0.6 is 11.6 Å². The molecular formula is C15H19ClF3NO2. The SMILES string of the molecule is CC(C)(C)OC(=O)[C@@](N)(Cc1ccccc1Cl)CC(F)(F)F. The van der Waals surface area contributed by atoms with Crippen molar-refractivity contribution >= 4 is 17.6 Å². The van der Waals surface area contributed by atoms with E-state index in [1.54, 1.807) is 32.9 Å². The van der Waals surface area contributed by atoms with Gasteiger partial charge in [0.2, 0.25) is 0 Å². The summed E-state index contributed by atoms with van der Waals surface area (Å²) in [5, 5.41) is 0.253. The van der Waals surface area contributed by atoms with Gasteiger partial charge in [0.15, 0.2) is 0 Å². The standard InChI is InChI=1S/C15H19ClF3NO2/c1-13(2,3)22-12(21)14(20,9-15(17,18)19)8-10-6-4-5-7-11(10)16/h4-7H,8-9,20H2,1-3H3/t14-/m1/s1. The molecule has 1 rings (SSSR count). The van der Waals surface area contributed by atoms with E-state index in [9.17, 15) is 18.0 Å². The lowest BCUT2D eigenvalue weighted by Crippen LogP contribution is -2.55. The fraction of sp³-hybridized carbons (Fsp3) is 0.533. The summed E-state index contributed by atoms with van der Waals surface area (Å²) in [4.78, 5) is 12.2. The molecule has 124 valence electrons. The largest absolute Gasteiger partial charge is 0.459 e. The number of carbonyl (C=O) groups excluding carboxylic acids is 1. The van der Waals surface area contributed by atoms with Crippen molar-refractivity contribution in [3.8, 4) is 0 Å². The highest BCUT2D eigenvalue weighted by molar-refractivity contribution is 6.31. The first-order valence-electron chi connectivity index (χ1n) is 6.65. The van der Waals surface area contributed by atoms with Gasteiger partial charge in [0, 0.05) is 11.4 Å². The number of carbonyl (C=O) groups is 1. The van der Waals surface area contributed by atoms with Crippen LogP contribution in [0.3, 0.4) is 0 Å². The number of esters is 1. The molecule has 0 aliphatic heterocycles. The van der Waals surface area contributed by atoms with Crippen molar-refractivity contribution in [2.75, 3.05) is 0 Å². The van der Waals surface area contributed by atoms with Crippen molar-refractivity contribution in [3.05, 3.63) is 34.9 Å². The van der Waals surface area contributed by atoms with Gasteiger partial charge < -0.3 is 10.5 Å². The quantitative estimate of drug-likeness (QED) is 0.848. The molecular weight excluding hydrogens is 319 g/mol. The zero-order chi connectivity index (χ0) is 17.2. The first kappa shape index (κ1) is 18.8. The second-order valence-electron chi connectivity index (χ2n) is 6.22. The summed E-state index contributed by atoms with van der Waals surface area (Å²) < 4.78 is 43.5. The summed E-state index contributed by atoms with van der Waals surface area (Å²) in [6.07, 6.45) is -6.45. The van der Waals surface area contributed by atoms with Crippen molar-refractivity contribution in [1.29, 1.82) is 0 Å². The fourth-order valence-electron chi connectivity index (χ4n) is 1.93. The zero-order valence-electron chi connectivity index (χ0n) is 12.6. The lowest BCUT2D eigenvalue weighted by molar-refractivity contribution is -0.179. The van der Waals surface area contributed by atoms with Crippen molar-refractivity contribution in [3.63, 3.8) is 0 Å². The molecule has 0 amide bonds. The first-order valence-corrected chi connectivity index (χ1v) is 7.03. The van der Waals surface area contributed by atoms with Crippen LogP contribution in [0.15, 0.2) is 24.3 Å². The van der Waals surface area contributed by atoms with E-state index in [0.717, 1.165) is 0 Å². The van der Waals surface area contributed by atoms with Gasteiger partial charge >= 0.3 is 12.1 Å². The van der Waals surface area contributed by atoms with Crippen molar-refractivity contribution in [2.45, 2.75) is 50.9 Å². The molecule has 0 aliphatic carbocycles. The Hall–Kier alpha value is -1.27. The minimum absolute atomic E-state index is 0.253. The number of ether oxygens (including phenoxy) is 1. The number of rotatable bonds is 4. The third kappa shape index (κ3) is 5.85. The topological polar surface area (TPSA) is 52.3 Å². The molecule has 0 saturated heterocycles. The molecule has 7 heteroatoms. The Balaban J connectivity index is 3.12. The number of benzene rings is 1. The van der Waals surface area contributed by atoms with Crippen molar-refractivity contribution in [2.24, 2.45) is 5.73 Å². The second kappa shape index (κ2) is 6.46. The minimum atomic E-state index is -4.60. The maximum atomic E-state index is 12.8. The van der Waals surface area contributed by atoms with Crippen LogP contribution in [0.1, 0.15) is 32.8 Å². The predicted octanol–water partition coefficient (Wildman–Crippen LogP) is 3.87. The molecule has 1 aromatic rings. The van der Waals surface area contributed by atoms with E-state index in [1.165, 1.54) is 12.1 Å². The fourth-order valence-corrected chi connectivity index (χ4v) is 2.13. The molecule has 2 N–H and O–H groups in total. The summed E-state index contributed by atoms with van der Waals surface area (Å²) in [5.74, 6) is -1.10. The van der Waals surface area contributed by atoms with Crippen molar-refractivity contribution < 1.29 is 22.7 Å². The maximum absolute atomic E-state index is 12.8. The van der Waals surface area contributed by atoms with Crippen LogP contribution < -0.4 is 5.73 Å². The molecule has 0 radical (unpaired) electrons. The molecule has 0 fully saturated rings. The monoisotopic (exact) mass is 337 g/mol. The van der Waals surface area contributed by atoms with E-state index in [0.29, 0.717) is 5.56 Å². The maximum Gasteiger partial charge on any atom is 0.391 e. The average molecular weight is 338 g/mol.